The SMILES string of the molecule is CCCN(c1ccc(S(C)(=O)=O)cc1)c1cccc2c1OC[C@H]2Nc1ccc2c(c1)OC[C@H]2CC(=O)OC. The molecule has 0 amide bonds. The van der Waals surface area contributed by atoms with Crippen molar-refractivity contribution in [2.45, 2.75) is 36.6 Å². The molecule has 0 radical (unpaired) electrons. The van der Waals surface area contributed by atoms with Gasteiger partial charge >= 0.3 is 5.97 Å². The largest absolute Gasteiger partial charge is 0.493 e. The normalized spacial score (nSPS) is 17.7. The van der Waals surface area contributed by atoms with E-state index in [0.717, 1.165) is 52.7 Å². The van der Waals surface area contributed by atoms with Crippen molar-refractivity contribution in [1.82, 2.24) is 0 Å². The first-order valence-electron chi connectivity index (χ1n) is 12.7. The van der Waals surface area contributed by atoms with Crippen molar-refractivity contribution in [2.75, 3.05) is 43.3 Å². The number of carbonyl (C=O) groups is 1. The first kappa shape index (κ1) is 25.9. The van der Waals surface area contributed by atoms with Crippen molar-refractivity contribution in [1.29, 1.82) is 0 Å². The molecule has 0 spiro atoms. The Labute approximate surface area is 223 Å². The van der Waals surface area contributed by atoms with Crippen LogP contribution in [0.4, 0.5) is 17.1 Å². The van der Waals surface area contributed by atoms with E-state index in [1.807, 2.05) is 42.5 Å². The molecule has 8 nitrogen and oxygen atoms in total. The third kappa shape index (κ3) is 5.15. The number of nitrogens with zero attached hydrogens (tertiary/aromatic N) is 1. The van der Waals surface area contributed by atoms with Gasteiger partial charge < -0.3 is 24.4 Å². The molecule has 2 atom stereocenters. The van der Waals surface area contributed by atoms with Crippen LogP contribution in [0.15, 0.2) is 65.6 Å². The van der Waals surface area contributed by atoms with Gasteiger partial charge in [-0.05, 0) is 42.8 Å². The number of hydrogen-bond acceptors (Lipinski definition) is 8. The summed E-state index contributed by atoms with van der Waals surface area (Å²) in [6, 6.07) is 19.0. The molecule has 5 rings (SSSR count). The lowest BCUT2D eigenvalue weighted by Gasteiger charge is -2.26. The van der Waals surface area contributed by atoms with E-state index in [9.17, 15) is 13.2 Å². The van der Waals surface area contributed by atoms with E-state index >= 15 is 0 Å². The highest BCUT2D eigenvalue weighted by atomic mass is 32.2. The zero-order valence-electron chi connectivity index (χ0n) is 21.8. The van der Waals surface area contributed by atoms with Crippen LogP contribution >= 0.6 is 0 Å². The molecule has 0 saturated carbocycles. The van der Waals surface area contributed by atoms with Gasteiger partial charge in [0.05, 0.1) is 36.8 Å². The zero-order chi connectivity index (χ0) is 26.9. The number of carbonyl (C=O) groups excluding carboxylic acids is 1. The van der Waals surface area contributed by atoms with E-state index in [-0.39, 0.29) is 17.9 Å². The van der Waals surface area contributed by atoms with Gasteiger partial charge in [0.15, 0.2) is 9.84 Å². The predicted molar refractivity (Wildman–Crippen MR) is 146 cm³/mol. The van der Waals surface area contributed by atoms with Crippen molar-refractivity contribution >= 4 is 32.9 Å². The maximum absolute atomic E-state index is 11.9. The summed E-state index contributed by atoms with van der Waals surface area (Å²) in [5.41, 5.74) is 4.84. The van der Waals surface area contributed by atoms with Crippen LogP contribution in [0, 0.1) is 0 Å². The molecule has 200 valence electrons. The van der Waals surface area contributed by atoms with Crippen molar-refractivity contribution in [3.8, 4) is 11.5 Å². The average Bonchev–Trinajstić information content (AvgIpc) is 3.50. The smallest absolute Gasteiger partial charge is 0.306 e. The maximum atomic E-state index is 11.9. The molecular formula is C29H32N2O6S. The average molecular weight is 537 g/mol. The van der Waals surface area contributed by atoms with Crippen molar-refractivity contribution in [3.63, 3.8) is 0 Å². The van der Waals surface area contributed by atoms with Gasteiger partial charge in [0.25, 0.3) is 0 Å². The summed E-state index contributed by atoms with van der Waals surface area (Å²) in [5.74, 6) is 1.36. The van der Waals surface area contributed by atoms with E-state index in [2.05, 4.69) is 23.2 Å². The van der Waals surface area contributed by atoms with Crippen LogP contribution in [0.3, 0.4) is 0 Å². The lowest BCUT2D eigenvalue weighted by atomic mass is 9.97. The fourth-order valence-corrected chi connectivity index (χ4v) is 5.70. The van der Waals surface area contributed by atoms with Crippen LogP contribution in [0.1, 0.15) is 42.9 Å². The van der Waals surface area contributed by atoms with Gasteiger partial charge in [0.2, 0.25) is 0 Å². The Morgan fingerprint density at radius 2 is 1.84 bits per heavy atom. The van der Waals surface area contributed by atoms with Crippen LogP contribution in [0.2, 0.25) is 0 Å². The molecule has 38 heavy (non-hydrogen) atoms. The molecule has 0 aromatic heterocycles. The van der Waals surface area contributed by atoms with Gasteiger partial charge in [-0.3, -0.25) is 4.79 Å². The molecule has 9 heteroatoms. The monoisotopic (exact) mass is 536 g/mol. The fraction of sp³-hybridized carbons (Fsp3) is 0.345. The standard InChI is InChI=1S/C29H32N2O6S/c1-4-14-31(21-9-11-22(12-10-21)38(3,33)34)26-7-5-6-24-25(18-37-29(24)26)30-20-8-13-23-19(15-28(32)35-2)17-36-27(23)16-20/h5-13,16,19,25,30H,4,14-15,17-18H2,1-3H3/t19-,25-/m1/s1. The van der Waals surface area contributed by atoms with Gasteiger partial charge in [-0.2, -0.15) is 0 Å². The fourth-order valence-electron chi connectivity index (χ4n) is 5.07. The molecule has 3 aromatic rings. The first-order valence-corrected chi connectivity index (χ1v) is 14.6. The first-order chi connectivity index (χ1) is 18.3. The molecule has 0 bridgehead atoms. The molecule has 2 aliphatic rings. The summed E-state index contributed by atoms with van der Waals surface area (Å²) in [6.45, 7) is 3.80. The number of hydrogen-bond donors (Lipinski definition) is 1. The maximum Gasteiger partial charge on any atom is 0.306 e. The van der Waals surface area contributed by atoms with Crippen molar-refractivity contribution in [3.05, 3.63) is 71.8 Å². The lowest BCUT2D eigenvalue weighted by Crippen LogP contribution is -2.18. The van der Waals surface area contributed by atoms with Gasteiger partial charge in [0, 0.05) is 47.3 Å². The van der Waals surface area contributed by atoms with Crippen LogP contribution in [0.5, 0.6) is 11.5 Å². The molecule has 0 fully saturated rings. The second-order valence-electron chi connectivity index (χ2n) is 9.66. The van der Waals surface area contributed by atoms with Crippen molar-refractivity contribution < 1.29 is 27.4 Å². The Morgan fingerprint density at radius 3 is 2.55 bits per heavy atom. The van der Waals surface area contributed by atoms with E-state index in [1.165, 1.54) is 13.4 Å². The number of para-hydroxylation sites is 1. The second-order valence-corrected chi connectivity index (χ2v) is 11.7. The Kier molecular flexibility index (Phi) is 7.21. The third-order valence-electron chi connectivity index (χ3n) is 6.98. The summed E-state index contributed by atoms with van der Waals surface area (Å²) >= 11 is 0. The molecule has 0 unspecified atom stereocenters. The quantitative estimate of drug-likeness (QED) is 0.372. The van der Waals surface area contributed by atoms with E-state index in [4.69, 9.17) is 14.2 Å². The lowest BCUT2D eigenvalue weighted by molar-refractivity contribution is -0.141. The van der Waals surface area contributed by atoms with Gasteiger partial charge in [-0.1, -0.05) is 25.1 Å². The topological polar surface area (TPSA) is 94.2 Å². The molecule has 0 aliphatic carbocycles. The van der Waals surface area contributed by atoms with Gasteiger partial charge in [-0.15, -0.1) is 0 Å². The van der Waals surface area contributed by atoms with Gasteiger partial charge in [0.1, 0.15) is 18.1 Å². The molecule has 3 aromatic carbocycles. The number of sulfone groups is 1. The number of anilines is 3. The number of esters is 1. The number of benzene rings is 3. The molecule has 2 heterocycles. The summed E-state index contributed by atoms with van der Waals surface area (Å²) in [6.07, 6.45) is 2.42. The Bertz CT molecular complexity index is 1440. The van der Waals surface area contributed by atoms with E-state index in [0.29, 0.717) is 24.5 Å². The molecule has 2 aliphatic heterocycles. The number of nitrogens with one attached hydrogen (secondary N) is 1. The third-order valence-corrected chi connectivity index (χ3v) is 8.11. The van der Waals surface area contributed by atoms with Crippen molar-refractivity contribution in [2.24, 2.45) is 0 Å². The minimum absolute atomic E-state index is 0.000599. The van der Waals surface area contributed by atoms with Crippen LogP contribution in [-0.4, -0.2) is 47.5 Å². The molecular weight excluding hydrogens is 504 g/mol. The number of ether oxygens (including phenoxy) is 3. The van der Waals surface area contributed by atoms with E-state index < -0.39 is 9.84 Å². The van der Waals surface area contributed by atoms with Crippen LogP contribution in [0.25, 0.3) is 0 Å². The second kappa shape index (κ2) is 10.6. The number of rotatable bonds is 9. The number of methoxy groups -OCH3 is 1. The highest BCUT2D eigenvalue weighted by Crippen LogP contribution is 2.45. The minimum atomic E-state index is -3.26. The molecule has 1 N–H and O–H groups in total. The number of fused-ring (bicyclic) bond motifs is 2. The van der Waals surface area contributed by atoms with Crippen LogP contribution < -0.4 is 19.7 Å². The zero-order valence-corrected chi connectivity index (χ0v) is 22.6. The van der Waals surface area contributed by atoms with Crippen LogP contribution in [-0.2, 0) is 19.4 Å². The Hall–Kier alpha value is -3.72. The van der Waals surface area contributed by atoms with E-state index in [1.54, 1.807) is 12.1 Å². The highest BCUT2D eigenvalue weighted by Gasteiger charge is 2.30. The van der Waals surface area contributed by atoms with Gasteiger partial charge in [-0.25, -0.2) is 8.42 Å². The summed E-state index contributed by atoms with van der Waals surface area (Å²) in [5, 5.41) is 3.57. The Balaban J connectivity index is 1.38. The Morgan fingerprint density at radius 1 is 1.05 bits per heavy atom. The highest BCUT2D eigenvalue weighted by molar-refractivity contribution is 7.90. The summed E-state index contributed by atoms with van der Waals surface area (Å²) < 4.78 is 40.7. The summed E-state index contributed by atoms with van der Waals surface area (Å²) in [7, 11) is -1.87. The minimum Gasteiger partial charge on any atom is -0.493 e. The summed E-state index contributed by atoms with van der Waals surface area (Å²) in [4.78, 5) is 14.2. The molecule has 0 saturated heterocycles. The predicted octanol–water partition coefficient (Wildman–Crippen LogP) is 5.22.